The van der Waals surface area contributed by atoms with Crippen LogP contribution in [0.5, 0.6) is 0 Å². The van der Waals surface area contributed by atoms with Crippen molar-refractivity contribution in [3.8, 4) is 11.1 Å². The molecule has 198 valence electrons. The Morgan fingerprint density at radius 2 is 0.643 bits per heavy atom. The van der Waals surface area contributed by atoms with Crippen LogP contribution in [0, 0.1) is 0 Å². The molecule has 0 unspecified atom stereocenters. The lowest BCUT2D eigenvalue weighted by Crippen LogP contribution is -2.21. The Hall–Kier alpha value is -5.48. The van der Waals surface area contributed by atoms with E-state index < -0.39 is 11.3 Å². The summed E-state index contributed by atoms with van der Waals surface area (Å²) < 4.78 is 0. The van der Waals surface area contributed by atoms with Gasteiger partial charge in [0.25, 0.3) is 0 Å². The minimum atomic E-state index is -0.767. The molecule has 0 radical (unpaired) electrons. The molecule has 0 N–H and O–H groups in total. The van der Waals surface area contributed by atoms with Crippen molar-refractivity contribution in [3.63, 3.8) is 0 Å². The first-order chi connectivity index (χ1) is 20.7. The SMILES string of the molecule is C1=NC(c2ccc(-c3ccc(C4(c5ccc6ccccc6c5)N=CC=N4)cc3)cc2)(c2ccc3ccccc3c2)N=C1. The summed E-state index contributed by atoms with van der Waals surface area (Å²) in [4.78, 5) is 19.4. The molecule has 6 aromatic rings. The maximum absolute atomic E-state index is 4.85. The van der Waals surface area contributed by atoms with Crippen LogP contribution in [0.15, 0.2) is 153 Å². The van der Waals surface area contributed by atoms with Gasteiger partial charge in [-0.05, 0) is 44.8 Å². The van der Waals surface area contributed by atoms with Crippen molar-refractivity contribution < 1.29 is 0 Å². The lowest BCUT2D eigenvalue weighted by atomic mass is 9.88. The Balaban J connectivity index is 1.12. The van der Waals surface area contributed by atoms with Gasteiger partial charge in [-0.25, -0.2) is 0 Å². The molecule has 0 saturated carbocycles. The van der Waals surface area contributed by atoms with Crippen LogP contribution in [0.2, 0.25) is 0 Å². The summed E-state index contributed by atoms with van der Waals surface area (Å²) in [5.41, 5.74) is 4.90. The molecule has 0 atom stereocenters. The van der Waals surface area contributed by atoms with Gasteiger partial charge in [0.1, 0.15) is 0 Å². The zero-order chi connectivity index (χ0) is 28.0. The third-order valence-corrected chi connectivity index (χ3v) is 8.39. The number of rotatable bonds is 5. The van der Waals surface area contributed by atoms with Gasteiger partial charge < -0.3 is 0 Å². The summed E-state index contributed by atoms with van der Waals surface area (Å²) >= 11 is 0. The lowest BCUT2D eigenvalue weighted by molar-refractivity contribution is 0.592. The van der Waals surface area contributed by atoms with Gasteiger partial charge in [0.2, 0.25) is 11.3 Å². The highest BCUT2D eigenvalue weighted by atomic mass is 15.1. The Morgan fingerprint density at radius 1 is 0.310 bits per heavy atom. The van der Waals surface area contributed by atoms with Crippen molar-refractivity contribution in [2.45, 2.75) is 11.3 Å². The number of nitrogens with zero attached hydrogens (tertiary/aromatic N) is 4. The smallest absolute Gasteiger partial charge is 0.201 e. The molecular weight excluding hydrogens is 512 g/mol. The molecule has 0 amide bonds. The maximum Gasteiger partial charge on any atom is 0.201 e. The summed E-state index contributed by atoms with van der Waals surface area (Å²) in [6, 6.07) is 46.9. The number of hydrogen-bond donors (Lipinski definition) is 0. The molecule has 0 fully saturated rings. The van der Waals surface area contributed by atoms with Gasteiger partial charge in [-0.2, -0.15) is 0 Å². The highest BCUT2D eigenvalue weighted by Gasteiger charge is 2.35. The summed E-state index contributed by atoms with van der Waals surface area (Å²) in [6.45, 7) is 0. The Labute approximate surface area is 244 Å². The molecule has 0 aliphatic carbocycles. The second kappa shape index (κ2) is 9.57. The van der Waals surface area contributed by atoms with Crippen LogP contribution in [-0.4, -0.2) is 24.9 Å². The van der Waals surface area contributed by atoms with Crippen LogP contribution in [0.1, 0.15) is 22.3 Å². The standard InChI is InChI=1S/C38H26N4/c1-3-7-31-25-35(19-13-27(31)5-1)37(39-21-22-40-37)33-15-9-29(10-16-33)30-11-17-34(18-12-30)38(41-23-24-42-38)36-20-14-28-6-2-4-8-32(28)26-36/h1-26H. The van der Waals surface area contributed by atoms with E-state index in [1.807, 2.05) is 0 Å². The minimum Gasteiger partial charge on any atom is -0.253 e. The third-order valence-electron chi connectivity index (χ3n) is 8.39. The number of benzene rings is 6. The summed E-state index contributed by atoms with van der Waals surface area (Å²) in [7, 11) is 0. The zero-order valence-corrected chi connectivity index (χ0v) is 22.8. The van der Waals surface area contributed by atoms with Gasteiger partial charge in [-0.1, -0.05) is 121 Å². The molecule has 2 aliphatic rings. The molecule has 0 spiro atoms. The minimum absolute atomic E-state index is 0.767. The molecule has 2 heterocycles. The molecule has 2 aliphatic heterocycles. The van der Waals surface area contributed by atoms with E-state index in [4.69, 9.17) is 20.0 Å². The molecule has 4 heteroatoms. The van der Waals surface area contributed by atoms with Crippen molar-refractivity contribution in [2.24, 2.45) is 20.0 Å². The fourth-order valence-electron chi connectivity index (χ4n) is 6.16. The molecule has 0 aromatic heterocycles. The van der Waals surface area contributed by atoms with Crippen LogP contribution in [0.4, 0.5) is 0 Å². The zero-order valence-electron chi connectivity index (χ0n) is 22.8. The summed E-state index contributed by atoms with van der Waals surface area (Å²) in [5.74, 6) is 0. The first-order valence-electron chi connectivity index (χ1n) is 14.1. The number of fused-ring (bicyclic) bond motifs is 2. The third kappa shape index (κ3) is 3.84. The first kappa shape index (κ1) is 24.3. The van der Waals surface area contributed by atoms with E-state index in [-0.39, 0.29) is 0 Å². The highest BCUT2D eigenvalue weighted by molar-refractivity contribution is 6.18. The van der Waals surface area contributed by atoms with Crippen LogP contribution >= 0.6 is 0 Å². The first-order valence-corrected chi connectivity index (χ1v) is 14.1. The quantitative estimate of drug-likeness (QED) is 0.212. The van der Waals surface area contributed by atoms with Gasteiger partial charge in [0, 0.05) is 47.1 Å². The predicted molar refractivity (Wildman–Crippen MR) is 175 cm³/mol. The molecular formula is C38H26N4. The van der Waals surface area contributed by atoms with Gasteiger partial charge in [0.15, 0.2) is 0 Å². The van der Waals surface area contributed by atoms with Crippen molar-refractivity contribution in [1.29, 1.82) is 0 Å². The molecule has 0 saturated heterocycles. The second-order valence-corrected chi connectivity index (χ2v) is 10.7. The number of hydrogen-bond acceptors (Lipinski definition) is 4. The molecule has 8 rings (SSSR count). The van der Waals surface area contributed by atoms with Crippen LogP contribution in [0.25, 0.3) is 32.7 Å². The highest BCUT2D eigenvalue weighted by Crippen LogP contribution is 2.41. The van der Waals surface area contributed by atoms with E-state index in [1.54, 1.807) is 24.9 Å². The van der Waals surface area contributed by atoms with Gasteiger partial charge in [-0.15, -0.1) is 0 Å². The Kier molecular flexibility index (Phi) is 5.54. The summed E-state index contributed by atoms with van der Waals surface area (Å²) in [6.07, 6.45) is 7.17. The van der Waals surface area contributed by atoms with E-state index in [2.05, 4.69) is 133 Å². The van der Waals surface area contributed by atoms with Crippen molar-refractivity contribution >= 4 is 46.4 Å². The van der Waals surface area contributed by atoms with Crippen molar-refractivity contribution in [1.82, 2.24) is 0 Å². The average molecular weight is 539 g/mol. The maximum atomic E-state index is 4.85. The van der Waals surface area contributed by atoms with E-state index in [0.717, 1.165) is 33.4 Å². The molecule has 0 bridgehead atoms. The van der Waals surface area contributed by atoms with Gasteiger partial charge in [-0.3, -0.25) is 20.0 Å². The van der Waals surface area contributed by atoms with Crippen molar-refractivity contribution in [3.05, 3.63) is 156 Å². The topological polar surface area (TPSA) is 49.4 Å². The predicted octanol–water partition coefficient (Wildman–Crippen LogP) is 8.37. The summed E-state index contributed by atoms with van der Waals surface area (Å²) in [5, 5.41) is 4.77. The van der Waals surface area contributed by atoms with E-state index in [0.29, 0.717) is 0 Å². The Morgan fingerprint density at radius 3 is 1.02 bits per heavy atom. The Bertz CT molecular complexity index is 1910. The van der Waals surface area contributed by atoms with Gasteiger partial charge in [0.05, 0.1) is 0 Å². The fraction of sp³-hybridized carbons (Fsp3) is 0.0526. The van der Waals surface area contributed by atoms with E-state index >= 15 is 0 Å². The van der Waals surface area contributed by atoms with Crippen molar-refractivity contribution in [2.75, 3.05) is 0 Å². The average Bonchev–Trinajstić information content (AvgIpc) is 3.77. The lowest BCUT2D eigenvalue weighted by Gasteiger charge is -2.25. The second-order valence-electron chi connectivity index (χ2n) is 10.7. The molecule has 42 heavy (non-hydrogen) atoms. The number of aliphatic imine (C=N–C) groups is 4. The monoisotopic (exact) mass is 538 g/mol. The largest absolute Gasteiger partial charge is 0.253 e. The van der Waals surface area contributed by atoms with Crippen LogP contribution in [0.3, 0.4) is 0 Å². The van der Waals surface area contributed by atoms with E-state index in [9.17, 15) is 0 Å². The normalized spacial score (nSPS) is 16.1. The van der Waals surface area contributed by atoms with E-state index in [1.165, 1.54) is 21.5 Å². The fourth-order valence-corrected chi connectivity index (χ4v) is 6.16. The van der Waals surface area contributed by atoms with Gasteiger partial charge >= 0.3 is 0 Å². The van der Waals surface area contributed by atoms with Crippen LogP contribution in [-0.2, 0) is 11.3 Å². The molecule has 6 aromatic carbocycles. The molecule has 4 nitrogen and oxygen atoms in total. The van der Waals surface area contributed by atoms with Crippen LogP contribution < -0.4 is 0 Å².